The van der Waals surface area contributed by atoms with Gasteiger partial charge in [-0.15, -0.1) is 0 Å². The number of oxazole rings is 1. The molecule has 1 aromatic heterocycles. The van der Waals surface area contributed by atoms with Crippen LogP contribution in [0.1, 0.15) is 36.2 Å². The third kappa shape index (κ3) is 1.58. The van der Waals surface area contributed by atoms with Gasteiger partial charge in [0.05, 0.1) is 6.20 Å². The number of hydrogen-bond donors (Lipinski definition) is 0. The van der Waals surface area contributed by atoms with Gasteiger partial charge in [0.25, 0.3) is 0 Å². The second-order valence-electron chi connectivity index (χ2n) is 2.51. The molecule has 1 heterocycles. The molecule has 1 rings (SSSR count). The van der Waals surface area contributed by atoms with Gasteiger partial charge in [-0.2, -0.15) is 0 Å². The van der Waals surface area contributed by atoms with Crippen LogP contribution < -0.4 is 5.11 Å². The van der Waals surface area contributed by atoms with Crippen molar-refractivity contribution in [1.29, 1.82) is 0 Å². The summed E-state index contributed by atoms with van der Waals surface area (Å²) >= 11 is 0. The lowest BCUT2D eigenvalue weighted by Crippen LogP contribution is -2.22. The van der Waals surface area contributed by atoms with Crippen molar-refractivity contribution in [3.05, 3.63) is 17.8 Å². The highest BCUT2D eigenvalue weighted by atomic mass is 16.4. The number of rotatable bonds is 2. The zero-order chi connectivity index (χ0) is 8.43. The summed E-state index contributed by atoms with van der Waals surface area (Å²) in [4.78, 5) is 13.7. The fraction of sp³-hybridized carbons (Fsp3) is 0.429. The van der Waals surface area contributed by atoms with Gasteiger partial charge in [-0.25, -0.2) is 4.98 Å². The van der Waals surface area contributed by atoms with Gasteiger partial charge in [-0.1, -0.05) is 13.8 Å². The zero-order valence-corrected chi connectivity index (χ0v) is 6.33. The molecule has 11 heavy (non-hydrogen) atoms. The molecule has 0 bridgehead atoms. The smallest absolute Gasteiger partial charge is 0.242 e. The van der Waals surface area contributed by atoms with Crippen LogP contribution in [-0.4, -0.2) is 11.0 Å². The molecule has 0 saturated heterocycles. The van der Waals surface area contributed by atoms with Gasteiger partial charge < -0.3 is 14.3 Å². The first kappa shape index (κ1) is 7.78. The second-order valence-corrected chi connectivity index (χ2v) is 2.51. The minimum atomic E-state index is -1.38. The van der Waals surface area contributed by atoms with Crippen molar-refractivity contribution in [3.8, 4) is 0 Å². The fourth-order valence-electron chi connectivity index (χ4n) is 0.648. The maximum absolute atomic E-state index is 10.2. The van der Waals surface area contributed by atoms with Gasteiger partial charge in [-0.3, -0.25) is 0 Å². The summed E-state index contributed by atoms with van der Waals surface area (Å²) in [6.07, 6.45) is 1.40. The molecule has 0 saturated carbocycles. The Morgan fingerprint density at radius 2 is 2.36 bits per heavy atom. The first-order valence-electron chi connectivity index (χ1n) is 3.28. The lowest BCUT2D eigenvalue weighted by atomic mass is 10.2. The van der Waals surface area contributed by atoms with E-state index >= 15 is 0 Å². The average Bonchev–Trinajstić information content (AvgIpc) is 2.33. The van der Waals surface area contributed by atoms with Crippen LogP contribution in [0, 0.1) is 0 Å². The maximum Gasteiger partial charge on any atom is 0.242 e. The zero-order valence-electron chi connectivity index (χ0n) is 6.33. The van der Waals surface area contributed by atoms with Crippen molar-refractivity contribution in [1.82, 2.24) is 4.98 Å². The molecule has 0 amide bonds. The Labute approximate surface area is 63.9 Å². The highest BCUT2D eigenvalue weighted by Gasteiger charge is 2.06. The maximum atomic E-state index is 10.2. The molecule has 0 aliphatic rings. The summed E-state index contributed by atoms with van der Waals surface area (Å²) in [7, 11) is 0. The Kier molecular flexibility index (Phi) is 1.94. The van der Waals surface area contributed by atoms with Gasteiger partial charge in [0, 0.05) is 5.92 Å². The van der Waals surface area contributed by atoms with Crippen LogP contribution in [0.25, 0.3) is 0 Å². The number of aromatic carboxylic acids is 1. The van der Waals surface area contributed by atoms with Gasteiger partial charge in [0.15, 0.2) is 0 Å². The molecule has 4 nitrogen and oxygen atoms in total. The van der Waals surface area contributed by atoms with E-state index in [0.717, 1.165) is 0 Å². The Bertz CT molecular complexity index is 264. The lowest BCUT2D eigenvalue weighted by molar-refractivity contribution is -0.257. The Balaban J connectivity index is 2.90. The predicted molar refractivity (Wildman–Crippen MR) is 34.9 cm³/mol. The first-order valence-corrected chi connectivity index (χ1v) is 3.28. The number of aromatic nitrogens is 1. The summed E-state index contributed by atoms with van der Waals surface area (Å²) in [6.45, 7) is 3.78. The molecule has 4 heteroatoms. The van der Waals surface area contributed by atoms with Gasteiger partial charge in [0.1, 0.15) is 11.7 Å². The number of nitrogens with zero attached hydrogens (tertiary/aromatic N) is 1. The van der Waals surface area contributed by atoms with Crippen molar-refractivity contribution in [3.63, 3.8) is 0 Å². The van der Waals surface area contributed by atoms with Crippen LogP contribution >= 0.6 is 0 Å². The van der Waals surface area contributed by atoms with E-state index in [1.54, 1.807) is 0 Å². The van der Waals surface area contributed by atoms with E-state index in [9.17, 15) is 9.90 Å². The largest absolute Gasteiger partial charge is 0.540 e. The van der Waals surface area contributed by atoms with Crippen LogP contribution in [0.3, 0.4) is 0 Å². The standard InChI is InChI=1S/C7H9NO3/c1-4(2)5-3-8-6(11-5)7(9)10/h3-4H,1-2H3,(H,9,10)/p-1. The highest BCUT2D eigenvalue weighted by molar-refractivity contribution is 5.79. The Morgan fingerprint density at radius 3 is 2.64 bits per heavy atom. The molecular formula is C7H8NO3-. The third-order valence-corrected chi connectivity index (χ3v) is 1.27. The van der Waals surface area contributed by atoms with Crippen LogP contribution in [0.2, 0.25) is 0 Å². The number of carbonyl (C=O) groups excluding carboxylic acids is 1. The quantitative estimate of drug-likeness (QED) is 0.608. The minimum absolute atomic E-state index is 0.149. The molecule has 60 valence electrons. The van der Waals surface area contributed by atoms with Crippen molar-refractivity contribution < 1.29 is 14.3 Å². The van der Waals surface area contributed by atoms with Crippen molar-refractivity contribution in [2.75, 3.05) is 0 Å². The Hall–Kier alpha value is -1.32. The summed E-state index contributed by atoms with van der Waals surface area (Å²) < 4.78 is 4.83. The number of carboxylic acids is 1. The van der Waals surface area contributed by atoms with E-state index < -0.39 is 5.97 Å². The summed E-state index contributed by atoms with van der Waals surface area (Å²) in [5.74, 6) is -1.02. The fourth-order valence-corrected chi connectivity index (χ4v) is 0.648. The SMILES string of the molecule is CC(C)c1cnc(C(=O)[O-])o1. The third-order valence-electron chi connectivity index (χ3n) is 1.27. The van der Waals surface area contributed by atoms with Gasteiger partial charge in [-0.05, 0) is 0 Å². The predicted octanol–water partition coefficient (Wildman–Crippen LogP) is 0.161. The molecule has 0 spiro atoms. The highest BCUT2D eigenvalue weighted by Crippen LogP contribution is 2.14. The molecule has 0 atom stereocenters. The average molecular weight is 154 g/mol. The second kappa shape index (κ2) is 2.74. The van der Waals surface area contributed by atoms with Crippen LogP contribution in [0.15, 0.2) is 10.6 Å². The van der Waals surface area contributed by atoms with E-state index in [-0.39, 0.29) is 11.8 Å². The van der Waals surface area contributed by atoms with E-state index in [1.165, 1.54) is 6.20 Å². The van der Waals surface area contributed by atoms with E-state index in [4.69, 9.17) is 4.42 Å². The normalized spacial score (nSPS) is 10.5. The molecule has 0 aliphatic heterocycles. The molecule has 0 aliphatic carbocycles. The summed E-state index contributed by atoms with van der Waals surface area (Å²) in [5, 5.41) is 10.2. The lowest BCUT2D eigenvalue weighted by Gasteiger charge is -1.96. The van der Waals surface area contributed by atoms with Gasteiger partial charge in [0.2, 0.25) is 5.89 Å². The molecule has 0 radical (unpaired) electrons. The summed E-state index contributed by atoms with van der Waals surface area (Å²) in [6, 6.07) is 0. The first-order chi connectivity index (χ1) is 5.11. The molecule has 1 aromatic rings. The summed E-state index contributed by atoms with van der Waals surface area (Å²) in [5.41, 5.74) is 0. The molecule has 0 aromatic carbocycles. The van der Waals surface area contributed by atoms with Crippen LogP contribution in [0.5, 0.6) is 0 Å². The van der Waals surface area contributed by atoms with Crippen molar-refractivity contribution in [2.45, 2.75) is 19.8 Å². The Morgan fingerprint density at radius 1 is 1.73 bits per heavy atom. The van der Waals surface area contributed by atoms with Crippen molar-refractivity contribution in [2.24, 2.45) is 0 Å². The number of carbonyl (C=O) groups is 1. The monoisotopic (exact) mass is 154 g/mol. The van der Waals surface area contributed by atoms with Crippen LogP contribution in [0.4, 0.5) is 0 Å². The minimum Gasteiger partial charge on any atom is -0.540 e. The van der Waals surface area contributed by atoms with E-state index in [2.05, 4.69) is 4.98 Å². The van der Waals surface area contributed by atoms with Crippen LogP contribution in [-0.2, 0) is 0 Å². The molecule has 0 fully saturated rings. The van der Waals surface area contributed by atoms with Crippen molar-refractivity contribution >= 4 is 5.97 Å². The van der Waals surface area contributed by atoms with E-state index in [0.29, 0.717) is 5.76 Å². The molecule has 0 unspecified atom stereocenters. The molecular weight excluding hydrogens is 146 g/mol. The van der Waals surface area contributed by atoms with E-state index in [1.807, 2.05) is 13.8 Å². The number of carboxylic acid groups (broad SMARTS) is 1. The van der Waals surface area contributed by atoms with Gasteiger partial charge >= 0.3 is 0 Å². The topological polar surface area (TPSA) is 66.2 Å². The number of hydrogen-bond acceptors (Lipinski definition) is 4. The molecule has 0 N–H and O–H groups in total.